The zero-order chi connectivity index (χ0) is 8.55. The fraction of sp³-hybridized carbons (Fsp3) is 0.556. The quantitative estimate of drug-likeness (QED) is 0.736. The van der Waals surface area contributed by atoms with Crippen LogP contribution in [0.3, 0.4) is 0 Å². The number of aryl methyl sites for hydroxylation is 1. The first-order chi connectivity index (χ1) is 5.77. The molecule has 1 aromatic heterocycles. The number of hydrogen-bond acceptors (Lipinski definition) is 2. The summed E-state index contributed by atoms with van der Waals surface area (Å²) in [5.41, 5.74) is 0. The molecule has 1 unspecified atom stereocenters. The molecule has 1 aliphatic heterocycles. The molecule has 1 atom stereocenters. The summed E-state index contributed by atoms with van der Waals surface area (Å²) in [5.74, 6) is 0. The molecule has 0 aliphatic carbocycles. The van der Waals surface area contributed by atoms with Crippen LogP contribution in [0.4, 0.5) is 0 Å². The Morgan fingerprint density at radius 1 is 1.67 bits per heavy atom. The summed E-state index contributed by atoms with van der Waals surface area (Å²) in [6.45, 7) is 3.24. The first kappa shape index (κ1) is 8.54. The molecular weight excluding hydrogens is 190 g/mol. The van der Waals surface area contributed by atoms with Gasteiger partial charge >= 0.3 is 0 Å². The van der Waals surface area contributed by atoms with E-state index in [0.29, 0.717) is 6.04 Å². The van der Waals surface area contributed by atoms with Crippen LogP contribution < -0.4 is 5.32 Å². The van der Waals surface area contributed by atoms with Crippen molar-refractivity contribution in [2.24, 2.45) is 0 Å². The molecule has 1 aromatic rings. The lowest BCUT2D eigenvalue weighted by Crippen LogP contribution is -2.11. The van der Waals surface area contributed by atoms with E-state index in [9.17, 15) is 0 Å². The zero-order valence-corrected chi connectivity index (χ0v) is 8.63. The number of rotatable bonds is 1. The summed E-state index contributed by atoms with van der Waals surface area (Å²) in [7, 11) is 0. The van der Waals surface area contributed by atoms with Crippen LogP contribution in [0.1, 0.15) is 28.6 Å². The van der Waals surface area contributed by atoms with E-state index in [-0.39, 0.29) is 0 Å². The summed E-state index contributed by atoms with van der Waals surface area (Å²) in [6, 6.07) is 2.58. The zero-order valence-electron chi connectivity index (χ0n) is 7.06. The first-order valence-corrected chi connectivity index (χ1v) is 5.46. The highest BCUT2D eigenvalue weighted by Crippen LogP contribution is 2.35. The van der Waals surface area contributed by atoms with Crippen molar-refractivity contribution in [2.75, 3.05) is 6.54 Å². The Hall–Kier alpha value is -0.0500. The summed E-state index contributed by atoms with van der Waals surface area (Å²) in [6.07, 6.45) is 2.51. The van der Waals surface area contributed by atoms with E-state index in [1.54, 1.807) is 0 Å². The van der Waals surface area contributed by atoms with Crippen molar-refractivity contribution in [3.8, 4) is 0 Å². The van der Waals surface area contributed by atoms with Gasteiger partial charge in [-0.05, 0) is 32.4 Å². The number of hydrogen-bond donors (Lipinski definition) is 1. The van der Waals surface area contributed by atoms with Crippen LogP contribution in [-0.2, 0) is 0 Å². The Bertz CT molecular complexity index is 276. The number of halogens is 1. The van der Waals surface area contributed by atoms with Crippen LogP contribution in [0.5, 0.6) is 0 Å². The molecule has 1 aliphatic rings. The Morgan fingerprint density at radius 3 is 3.00 bits per heavy atom. The topological polar surface area (TPSA) is 12.0 Å². The molecule has 3 heteroatoms. The van der Waals surface area contributed by atoms with Crippen LogP contribution in [0.15, 0.2) is 6.07 Å². The van der Waals surface area contributed by atoms with Gasteiger partial charge in [0.1, 0.15) is 0 Å². The van der Waals surface area contributed by atoms with Gasteiger partial charge in [-0.3, -0.25) is 0 Å². The maximum Gasteiger partial charge on any atom is 0.0563 e. The molecule has 2 rings (SSSR count). The molecule has 0 spiro atoms. The van der Waals surface area contributed by atoms with E-state index in [0.717, 1.165) is 11.6 Å². The maximum absolute atomic E-state index is 6.10. The molecule has 0 saturated carbocycles. The van der Waals surface area contributed by atoms with Crippen molar-refractivity contribution in [1.29, 1.82) is 0 Å². The fourth-order valence-corrected chi connectivity index (χ4v) is 3.15. The highest BCUT2D eigenvalue weighted by molar-refractivity contribution is 7.12. The SMILES string of the molecule is Cc1cc(Cl)c(C2CCCN2)s1. The molecule has 1 N–H and O–H groups in total. The Balaban J connectivity index is 2.25. The Morgan fingerprint density at radius 2 is 2.50 bits per heavy atom. The summed E-state index contributed by atoms with van der Waals surface area (Å²) in [5, 5.41) is 4.39. The predicted octanol–water partition coefficient (Wildman–Crippen LogP) is 3.13. The van der Waals surface area contributed by atoms with E-state index in [1.165, 1.54) is 22.6 Å². The van der Waals surface area contributed by atoms with E-state index >= 15 is 0 Å². The minimum absolute atomic E-state index is 0.524. The summed E-state index contributed by atoms with van der Waals surface area (Å²) in [4.78, 5) is 2.63. The lowest BCUT2D eigenvalue weighted by molar-refractivity contribution is 0.660. The average Bonchev–Trinajstić information content (AvgIpc) is 2.58. The molecule has 12 heavy (non-hydrogen) atoms. The second-order valence-corrected chi connectivity index (χ2v) is 4.91. The van der Waals surface area contributed by atoms with E-state index in [2.05, 4.69) is 18.3 Å². The minimum atomic E-state index is 0.524. The third-order valence-corrected chi connectivity index (χ3v) is 3.80. The van der Waals surface area contributed by atoms with Crippen LogP contribution >= 0.6 is 22.9 Å². The van der Waals surface area contributed by atoms with Gasteiger partial charge in [-0.2, -0.15) is 0 Å². The second-order valence-electron chi connectivity index (χ2n) is 3.22. The lowest BCUT2D eigenvalue weighted by Gasteiger charge is -2.07. The van der Waals surface area contributed by atoms with Gasteiger partial charge in [-0.1, -0.05) is 11.6 Å². The smallest absolute Gasteiger partial charge is 0.0563 e. The third-order valence-electron chi connectivity index (χ3n) is 2.21. The van der Waals surface area contributed by atoms with Crippen molar-refractivity contribution in [2.45, 2.75) is 25.8 Å². The molecule has 66 valence electrons. The van der Waals surface area contributed by atoms with E-state index < -0.39 is 0 Å². The van der Waals surface area contributed by atoms with Crippen LogP contribution in [0.25, 0.3) is 0 Å². The molecule has 1 nitrogen and oxygen atoms in total. The summed E-state index contributed by atoms with van der Waals surface area (Å²) >= 11 is 7.91. The van der Waals surface area contributed by atoms with Gasteiger partial charge in [0.15, 0.2) is 0 Å². The Labute approximate surface area is 81.7 Å². The van der Waals surface area contributed by atoms with Crippen LogP contribution in [0, 0.1) is 6.92 Å². The highest BCUT2D eigenvalue weighted by atomic mass is 35.5. The van der Waals surface area contributed by atoms with Crippen molar-refractivity contribution < 1.29 is 0 Å². The van der Waals surface area contributed by atoms with Crippen molar-refractivity contribution >= 4 is 22.9 Å². The number of nitrogens with one attached hydrogen (secondary N) is 1. The van der Waals surface area contributed by atoms with E-state index in [1.807, 2.05) is 11.3 Å². The standard InChI is InChI=1S/C9H12ClNS/c1-6-5-7(10)9(12-6)8-3-2-4-11-8/h5,8,11H,2-4H2,1H3. The Kier molecular flexibility index (Phi) is 2.40. The molecule has 0 aromatic carbocycles. The highest BCUT2D eigenvalue weighted by Gasteiger charge is 2.20. The minimum Gasteiger partial charge on any atom is -0.309 e. The van der Waals surface area contributed by atoms with E-state index in [4.69, 9.17) is 11.6 Å². The van der Waals surface area contributed by atoms with Gasteiger partial charge in [0.25, 0.3) is 0 Å². The summed E-state index contributed by atoms with van der Waals surface area (Å²) < 4.78 is 0. The van der Waals surface area contributed by atoms with Gasteiger partial charge in [0, 0.05) is 15.8 Å². The normalized spacial score (nSPS) is 23.3. The van der Waals surface area contributed by atoms with Crippen molar-refractivity contribution in [3.05, 3.63) is 20.8 Å². The van der Waals surface area contributed by atoms with Crippen molar-refractivity contribution in [1.82, 2.24) is 5.32 Å². The number of thiophene rings is 1. The molecule has 1 fully saturated rings. The molecule has 0 bridgehead atoms. The van der Waals surface area contributed by atoms with Crippen LogP contribution in [-0.4, -0.2) is 6.54 Å². The predicted molar refractivity (Wildman–Crippen MR) is 54.0 cm³/mol. The fourth-order valence-electron chi connectivity index (χ4n) is 1.65. The third kappa shape index (κ3) is 1.51. The van der Waals surface area contributed by atoms with Gasteiger partial charge in [-0.15, -0.1) is 11.3 Å². The molecular formula is C9H12ClNS. The van der Waals surface area contributed by atoms with Crippen LogP contribution in [0.2, 0.25) is 5.02 Å². The van der Waals surface area contributed by atoms with Crippen molar-refractivity contribution in [3.63, 3.8) is 0 Å². The van der Waals surface area contributed by atoms with Gasteiger partial charge < -0.3 is 5.32 Å². The van der Waals surface area contributed by atoms with Gasteiger partial charge in [0.2, 0.25) is 0 Å². The van der Waals surface area contributed by atoms with Gasteiger partial charge in [-0.25, -0.2) is 0 Å². The molecule has 0 amide bonds. The molecule has 2 heterocycles. The maximum atomic E-state index is 6.10. The lowest BCUT2D eigenvalue weighted by atomic mass is 10.2. The largest absolute Gasteiger partial charge is 0.309 e. The van der Waals surface area contributed by atoms with Gasteiger partial charge in [0.05, 0.1) is 5.02 Å². The molecule has 0 radical (unpaired) electrons. The monoisotopic (exact) mass is 201 g/mol. The average molecular weight is 202 g/mol. The first-order valence-electron chi connectivity index (χ1n) is 4.26. The second kappa shape index (κ2) is 3.36. The molecule has 1 saturated heterocycles.